The third-order valence-electron chi connectivity index (χ3n) is 1.77. The van der Waals surface area contributed by atoms with Crippen LogP contribution in [-0.4, -0.2) is 23.2 Å². The zero-order valence-electron chi connectivity index (χ0n) is 8.72. The normalized spacial score (nSPS) is 20.8. The van der Waals surface area contributed by atoms with E-state index in [1.807, 2.05) is 0 Å². The fraction of sp³-hybridized carbons (Fsp3) is 0.800. The molecule has 1 rings (SSSR count). The first-order valence-electron chi connectivity index (χ1n) is 4.85. The van der Waals surface area contributed by atoms with Gasteiger partial charge in [-0.25, -0.2) is 0 Å². The maximum Gasteiger partial charge on any atom is 0.302 e. The van der Waals surface area contributed by atoms with E-state index in [2.05, 4.69) is 20.7 Å². The zero-order valence-corrected chi connectivity index (χ0v) is 10.3. The van der Waals surface area contributed by atoms with E-state index in [-0.39, 0.29) is 5.97 Å². The molecule has 0 bridgehead atoms. The Morgan fingerprint density at radius 2 is 2.29 bits per heavy atom. The van der Waals surface area contributed by atoms with Crippen molar-refractivity contribution in [3.63, 3.8) is 0 Å². The number of rotatable bonds is 1. The van der Waals surface area contributed by atoms with Gasteiger partial charge in [0.2, 0.25) is 0 Å². The highest BCUT2D eigenvalue weighted by Crippen LogP contribution is 2.20. The molecule has 1 aliphatic rings. The van der Waals surface area contributed by atoms with E-state index in [9.17, 15) is 9.59 Å². The molecule has 1 saturated carbocycles. The second-order valence-electron chi connectivity index (χ2n) is 3.16. The summed E-state index contributed by atoms with van der Waals surface area (Å²) in [5.41, 5.74) is 0. The third kappa shape index (κ3) is 8.23. The lowest BCUT2D eigenvalue weighted by atomic mass is 10.00. The number of halogens is 1. The van der Waals surface area contributed by atoms with Gasteiger partial charge in [-0.3, -0.25) is 9.59 Å². The Hall–Kier alpha value is -0.380. The van der Waals surface area contributed by atoms with Crippen LogP contribution in [0.15, 0.2) is 0 Å². The van der Waals surface area contributed by atoms with Crippen LogP contribution in [0.2, 0.25) is 0 Å². The first kappa shape index (κ1) is 13.6. The van der Waals surface area contributed by atoms with E-state index >= 15 is 0 Å². The highest BCUT2D eigenvalue weighted by molar-refractivity contribution is 9.09. The number of carbonyl (C=O) groups excluding carboxylic acids is 2. The van der Waals surface area contributed by atoms with Gasteiger partial charge < -0.3 is 4.74 Å². The van der Waals surface area contributed by atoms with Crippen LogP contribution in [0.25, 0.3) is 0 Å². The predicted octanol–water partition coefficient (Wildman–Crippen LogP) is 2.46. The van der Waals surface area contributed by atoms with Gasteiger partial charge in [-0.05, 0) is 19.8 Å². The summed E-state index contributed by atoms with van der Waals surface area (Å²) in [6, 6.07) is 0. The van der Waals surface area contributed by atoms with Crippen molar-refractivity contribution in [3.8, 4) is 0 Å². The maximum atomic E-state index is 10.6. The molecular formula is C10H17BrO3. The predicted molar refractivity (Wildman–Crippen MR) is 58.5 cm³/mol. The number of hydrogen-bond donors (Lipinski definition) is 0. The quantitative estimate of drug-likeness (QED) is 0.540. The maximum absolute atomic E-state index is 10.6. The number of hydrogen-bond acceptors (Lipinski definition) is 3. The summed E-state index contributed by atoms with van der Waals surface area (Å²) in [7, 11) is 0. The molecule has 0 aromatic rings. The number of ketones is 1. The molecular weight excluding hydrogens is 248 g/mol. The summed E-state index contributed by atoms with van der Waals surface area (Å²) in [5, 5.41) is 0. The van der Waals surface area contributed by atoms with Gasteiger partial charge in [-0.1, -0.05) is 15.9 Å². The highest BCUT2D eigenvalue weighted by Gasteiger charge is 2.15. The summed E-state index contributed by atoms with van der Waals surface area (Å²) < 4.78 is 4.40. The topological polar surface area (TPSA) is 43.4 Å². The molecule has 82 valence electrons. The van der Waals surface area contributed by atoms with Crippen LogP contribution >= 0.6 is 15.9 Å². The van der Waals surface area contributed by atoms with E-state index < -0.39 is 0 Å². The Morgan fingerprint density at radius 3 is 2.50 bits per heavy atom. The Bertz CT molecular complexity index is 192. The molecule has 4 heteroatoms. The Kier molecular flexibility index (Phi) is 7.76. The molecule has 0 heterocycles. The zero-order chi connectivity index (χ0) is 11.0. The van der Waals surface area contributed by atoms with Crippen LogP contribution in [0, 0.1) is 0 Å². The smallest absolute Gasteiger partial charge is 0.302 e. The molecule has 0 aromatic carbocycles. The lowest BCUT2D eigenvalue weighted by Gasteiger charge is -2.13. The second-order valence-corrected chi connectivity index (χ2v) is 4.45. The first-order chi connectivity index (χ1) is 6.56. The molecule has 0 aromatic heterocycles. The van der Waals surface area contributed by atoms with Crippen molar-refractivity contribution in [2.24, 2.45) is 0 Å². The molecule has 1 atom stereocenters. The summed E-state index contributed by atoms with van der Waals surface area (Å²) in [6.07, 6.45) is 3.81. The Balaban J connectivity index is 0.000000255. The van der Waals surface area contributed by atoms with Crippen LogP contribution in [0.3, 0.4) is 0 Å². The molecule has 1 aliphatic carbocycles. The Labute approximate surface area is 93.3 Å². The fourth-order valence-electron chi connectivity index (χ4n) is 1.18. The van der Waals surface area contributed by atoms with Crippen molar-refractivity contribution in [3.05, 3.63) is 0 Å². The van der Waals surface area contributed by atoms with Crippen molar-refractivity contribution in [1.82, 2.24) is 0 Å². The third-order valence-corrected chi connectivity index (χ3v) is 2.55. The fourth-order valence-corrected chi connectivity index (χ4v) is 1.86. The standard InChI is InChI=1S/C6H9BrO.C4H8O2/c7-5-2-1-3-6(8)4-5;1-3-6-4(2)5/h5H,1-4H2;3H2,1-2H3. The van der Waals surface area contributed by atoms with Gasteiger partial charge in [-0.2, -0.15) is 0 Å². The van der Waals surface area contributed by atoms with E-state index in [4.69, 9.17) is 0 Å². The van der Waals surface area contributed by atoms with Crippen LogP contribution in [0.1, 0.15) is 39.5 Å². The second kappa shape index (κ2) is 7.97. The van der Waals surface area contributed by atoms with Crippen molar-refractivity contribution in [2.45, 2.75) is 44.4 Å². The number of ether oxygens (including phenoxy) is 1. The number of alkyl halides is 1. The highest BCUT2D eigenvalue weighted by atomic mass is 79.9. The lowest BCUT2D eigenvalue weighted by molar-refractivity contribution is -0.140. The lowest BCUT2D eigenvalue weighted by Crippen LogP contribution is -2.13. The van der Waals surface area contributed by atoms with Crippen LogP contribution in [0.4, 0.5) is 0 Å². The molecule has 0 saturated heterocycles. The molecule has 0 aliphatic heterocycles. The van der Waals surface area contributed by atoms with Crippen LogP contribution in [-0.2, 0) is 14.3 Å². The van der Waals surface area contributed by atoms with Crippen molar-refractivity contribution >= 4 is 27.7 Å². The van der Waals surface area contributed by atoms with Crippen molar-refractivity contribution < 1.29 is 14.3 Å². The first-order valence-corrected chi connectivity index (χ1v) is 5.77. The van der Waals surface area contributed by atoms with Crippen molar-refractivity contribution in [1.29, 1.82) is 0 Å². The number of esters is 1. The monoisotopic (exact) mass is 264 g/mol. The van der Waals surface area contributed by atoms with E-state index in [0.717, 1.165) is 19.3 Å². The molecule has 0 N–H and O–H groups in total. The van der Waals surface area contributed by atoms with E-state index in [0.29, 0.717) is 17.2 Å². The van der Waals surface area contributed by atoms with Gasteiger partial charge in [0.05, 0.1) is 6.61 Å². The van der Waals surface area contributed by atoms with Crippen LogP contribution in [0.5, 0.6) is 0 Å². The molecule has 0 amide bonds. The SMILES string of the molecule is CCOC(C)=O.O=C1CCCC(Br)C1. The van der Waals surface area contributed by atoms with E-state index in [1.165, 1.54) is 13.3 Å². The van der Waals surface area contributed by atoms with Crippen molar-refractivity contribution in [2.75, 3.05) is 6.61 Å². The van der Waals surface area contributed by atoms with Crippen LogP contribution < -0.4 is 0 Å². The average Bonchev–Trinajstić information content (AvgIpc) is 2.03. The van der Waals surface area contributed by atoms with Gasteiger partial charge in [0.15, 0.2) is 0 Å². The van der Waals surface area contributed by atoms with Gasteiger partial charge >= 0.3 is 5.97 Å². The summed E-state index contributed by atoms with van der Waals surface area (Å²) in [4.78, 5) is 20.9. The largest absolute Gasteiger partial charge is 0.466 e. The number of Topliss-reactive ketones (excluding diaryl/α,β-unsaturated/α-hetero) is 1. The molecule has 3 nitrogen and oxygen atoms in total. The minimum atomic E-state index is -0.211. The van der Waals surface area contributed by atoms with Gasteiger partial charge in [0, 0.05) is 24.6 Å². The molecule has 0 radical (unpaired) electrons. The average molecular weight is 265 g/mol. The van der Waals surface area contributed by atoms with E-state index in [1.54, 1.807) is 6.92 Å². The Morgan fingerprint density at radius 1 is 1.64 bits per heavy atom. The van der Waals surface area contributed by atoms with Gasteiger partial charge in [-0.15, -0.1) is 0 Å². The summed E-state index contributed by atoms with van der Waals surface area (Å²) in [6.45, 7) is 3.65. The minimum absolute atomic E-state index is 0.211. The molecule has 14 heavy (non-hydrogen) atoms. The summed E-state index contributed by atoms with van der Waals surface area (Å²) >= 11 is 3.41. The molecule has 1 fully saturated rings. The minimum Gasteiger partial charge on any atom is -0.466 e. The summed E-state index contributed by atoms with van der Waals surface area (Å²) in [5.74, 6) is 0.204. The van der Waals surface area contributed by atoms with Gasteiger partial charge in [0.25, 0.3) is 0 Å². The molecule has 1 unspecified atom stereocenters. The molecule has 0 spiro atoms. The van der Waals surface area contributed by atoms with Gasteiger partial charge in [0.1, 0.15) is 5.78 Å². The number of carbonyl (C=O) groups is 2.